The molecule has 2 aromatic carbocycles. The summed E-state index contributed by atoms with van der Waals surface area (Å²) >= 11 is 0. The molecule has 0 aliphatic rings. The van der Waals surface area contributed by atoms with Gasteiger partial charge in [0.15, 0.2) is 0 Å². The molecule has 94 valence electrons. The van der Waals surface area contributed by atoms with E-state index in [4.69, 9.17) is 15.2 Å². The Morgan fingerprint density at radius 1 is 1.11 bits per heavy atom. The summed E-state index contributed by atoms with van der Waals surface area (Å²) in [5, 5.41) is 0. The fraction of sp³-hybridized carbons (Fsp3) is 0.143. The monoisotopic (exact) mass is 247 g/mol. The third-order valence-corrected chi connectivity index (χ3v) is 2.55. The fourth-order valence-electron chi connectivity index (χ4n) is 1.62. The van der Waals surface area contributed by atoms with Crippen LogP contribution in [0.3, 0.4) is 0 Å². The van der Waals surface area contributed by atoms with Crippen LogP contribution in [0.25, 0.3) is 0 Å². The molecule has 0 aromatic heterocycles. The average Bonchev–Trinajstić information content (AvgIpc) is 2.39. The lowest BCUT2D eigenvalue weighted by molar-refractivity contribution is 0.408. The Labute approximate surface area is 105 Å². The van der Waals surface area contributed by atoms with Crippen LogP contribution in [-0.2, 0) is 6.54 Å². The van der Waals surface area contributed by atoms with Crippen LogP contribution in [0, 0.1) is 5.82 Å². The molecule has 0 aliphatic heterocycles. The van der Waals surface area contributed by atoms with E-state index in [0.29, 0.717) is 22.8 Å². The van der Waals surface area contributed by atoms with Gasteiger partial charge in [0.05, 0.1) is 7.11 Å². The van der Waals surface area contributed by atoms with Crippen LogP contribution in [0.4, 0.5) is 4.39 Å². The van der Waals surface area contributed by atoms with E-state index in [9.17, 15) is 4.39 Å². The summed E-state index contributed by atoms with van der Waals surface area (Å²) in [6.45, 7) is 0.0893. The van der Waals surface area contributed by atoms with Gasteiger partial charge >= 0.3 is 0 Å². The maximum absolute atomic E-state index is 13.5. The molecule has 0 amide bonds. The van der Waals surface area contributed by atoms with E-state index in [1.54, 1.807) is 37.4 Å². The molecule has 2 rings (SSSR count). The van der Waals surface area contributed by atoms with E-state index < -0.39 is 0 Å². The van der Waals surface area contributed by atoms with E-state index in [0.717, 1.165) is 0 Å². The van der Waals surface area contributed by atoms with Crippen LogP contribution in [0.15, 0.2) is 42.5 Å². The summed E-state index contributed by atoms with van der Waals surface area (Å²) in [7, 11) is 1.58. The number of hydrogen-bond acceptors (Lipinski definition) is 3. The number of hydrogen-bond donors (Lipinski definition) is 1. The molecule has 18 heavy (non-hydrogen) atoms. The molecule has 0 heterocycles. The predicted octanol–water partition coefficient (Wildman–Crippen LogP) is 3.09. The number of rotatable bonds is 4. The molecule has 2 aromatic rings. The Balaban J connectivity index is 2.30. The van der Waals surface area contributed by atoms with Gasteiger partial charge in [0.25, 0.3) is 0 Å². The highest BCUT2D eigenvalue weighted by atomic mass is 19.1. The number of ether oxygens (including phenoxy) is 2. The van der Waals surface area contributed by atoms with E-state index >= 15 is 0 Å². The first kappa shape index (κ1) is 12.4. The molecule has 0 bridgehead atoms. The molecule has 4 heteroatoms. The maximum Gasteiger partial charge on any atom is 0.134 e. The lowest BCUT2D eigenvalue weighted by Gasteiger charge is -2.11. The molecule has 0 aliphatic carbocycles. The van der Waals surface area contributed by atoms with Crippen molar-refractivity contribution < 1.29 is 13.9 Å². The molecule has 3 nitrogen and oxygen atoms in total. The van der Waals surface area contributed by atoms with E-state index in [2.05, 4.69) is 0 Å². The number of nitrogens with two attached hydrogens (primary N) is 1. The summed E-state index contributed by atoms with van der Waals surface area (Å²) in [5.74, 6) is 1.32. The first-order valence-corrected chi connectivity index (χ1v) is 5.54. The summed E-state index contributed by atoms with van der Waals surface area (Å²) in [4.78, 5) is 0. The molecular weight excluding hydrogens is 233 g/mol. The maximum atomic E-state index is 13.5. The van der Waals surface area contributed by atoms with Crippen molar-refractivity contribution >= 4 is 0 Å². The van der Waals surface area contributed by atoms with Gasteiger partial charge in [0, 0.05) is 18.2 Å². The summed E-state index contributed by atoms with van der Waals surface area (Å²) in [6, 6.07) is 11.7. The zero-order valence-corrected chi connectivity index (χ0v) is 10.0. The molecule has 0 saturated heterocycles. The molecule has 0 unspecified atom stereocenters. The Morgan fingerprint density at radius 3 is 2.56 bits per heavy atom. The van der Waals surface area contributed by atoms with Gasteiger partial charge in [-0.2, -0.15) is 0 Å². The van der Waals surface area contributed by atoms with E-state index in [1.165, 1.54) is 6.07 Å². The van der Waals surface area contributed by atoms with Gasteiger partial charge in [-0.3, -0.25) is 0 Å². The average molecular weight is 247 g/mol. The Bertz CT molecular complexity index is 543. The molecule has 0 fully saturated rings. The molecule has 0 spiro atoms. The largest absolute Gasteiger partial charge is 0.497 e. The van der Waals surface area contributed by atoms with Gasteiger partial charge < -0.3 is 15.2 Å². The van der Waals surface area contributed by atoms with Gasteiger partial charge in [0.1, 0.15) is 23.1 Å². The van der Waals surface area contributed by atoms with Gasteiger partial charge in [-0.1, -0.05) is 12.1 Å². The minimum absolute atomic E-state index is 0.0893. The third kappa shape index (κ3) is 2.60. The van der Waals surface area contributed by atoms with Crippen molar-refractivity contribution in [2.45, 2.75) is 6.54 Å². The van der Waals surface area contributed by atoms with Crippen LogP contribution < -0.4 is 15.2 Å². The van der Waals surface area contributed by atoms with Crippen molar-refractivity contribution in [3.05, 3.63) is 53.8 Å². The highest BCUT2D eigenvalue weighted by molar-refractivity contribution is 5.40. The second kappa shape index (κ2) is 5.51. The van der Waals surface area contributed by atoms with Crippen LogP contribution in [-0.4, -0.2) is 7.11 Å². The molecular formula is C14H14FNO2. The fourth-order valence-corrected chi connectivity index (χ4v) is 1.62. The van der Waals surface area contributed by atoms with Gasteiger partial charge in [-0.25, -0.2) is 4.39 Å². The molecule has 2 N–H and O–H groups in total. The third-order valence-electron chi connectivity index (χ3n) is 2.55. The van der Waals surface area contributed by atoms with Gasteiger partial charge in [0.2, 0.25) is 0 Å². The van der Waals surface area contributed by atoms with Gasteiger partial charge in [-0.05, 0) is 24.3 Å². The lowest BCUT2D eigenvalue weighted by Crippen LogP contribution is -2.02. The standard InChI is InChI=1S/C14H14FNO2/c1-17-10-4-2-5-11(8-10)18-14-7-3-6-13(15)12(14)9-16/h2-8H,9,16H2,1H3. The van der Waals surface area contributed by atoms with Crippen LogP contribution in [0.5, 0.6) is 17.2 Å². The van der Waals surface area contributed by atoms with Crippen molar-refractivity contribution in [3.63, 3.8) is 0 Å². The first-order chi connectivity index (χ1) is 8.74. The topological polar surface area (TPSA) is 44.5 Å². The van der Waals surface area contributed by atoms with Crippen molar-refractivity contribution in [2.75, 3.05) is 7.11 Å². The van der Waals surface area contributed by atoms with Crippen LogP contribution >= 0.6 is 0 Å². The number of halogens is 1. The second-order valence-electron chi connectivity index (χ2n) is 3.70. The lowest BCUT2D eigenvalue weighted by atomic mass is 10.2. The van der Waals surface area contributed by atoms with Crippen LogP contribution in [0.1, 0.15) is 5.56 Å². The Kier molecular flexibility index (Phi) is 3.79. The second-order valence-corrected chi connectivity index (χ2v) is 3.70. The normalized spacial score (nSPS) is 10.2. The molecule has 0 radical (unpaired) electrons. The zero-order valence-electron chi connectivity index (χ0n) is 10.0. The first-order valence-electron chi connectivity index (χ1n) is 5.54. The van der Waals surface area contributed by atoms with Crippen molar-refractivity contribution in [1.82, 2.24) is 0 Å². The smallest absolute Gasteiger partial charge is 0.134 e. The Morgan fingerprint density at radius 2 is 1.83 bits per heavy atom. The highest BCUT2D eigenvalue weighted by Crippen LogP contribution is 2.28. The molecule has 0 atom stereocenters. The number of methoxy groups -OCH3 is 1. The zero-order chi connectivity index (χ0) is 13.0. The Hall–Kier alpha value is -2.07. The van der Waals surface area contributed by atoms with E-state index in [1.807, 2.05) is 6.07 Å². The minimum atomic E-state index is -0.363. The summed E-state index contributed by atoms with van der Waals surface area (Å²) in [6.07, 6.45) is 0. The van der Waals surface area contributed by atoms with E-state index in [-0.39, 0.29) is 12.4 Å². The SMILES string of the molecule is COc1cccc(Oc2cccc(F)c2CN)c1. The number of benzene rings is 2. The predicted molar refractivity (Wildman–Crippen MR) is 67.4 cm³/mol. The summed E-state index contributed by atoms with van der Waals surface area (Å²) in [5.41, 5.74) is 5.88. The van der Waals surface area contributed by atoms with Crippen LogP contribution in [0.2, 0.25) is 0 Å². The van der Waals surface area contributed by atoms with Crippen molar-refractivity contribution in [3.8, 4) is 17.2 Å². The summed E-state index contributed by atoms with van der Waals surface area (Å²) < 4.78 is 24.2. The highest BCUT2D eigenvalue weighted by Gasteiger charge is 2.09. The van der Waals surface area contributed by atoms with Crippen molar-refractivity contribution in [1.29, 1.82) is 0 Å². The quantitative estimate of drug-likeness (QED) is 0.903. The minimum Gasteiger partial charge on any atom is -0.497 e. The van der Waals surface area contributed by atoms with Gasteiger partial charge in [-0.15, -0.1) is 0 Å². The molecule has 0 saturated carbocycles. The van der Waals surface area contributed by atoms with Crippen molar-refractivity contribution in [2.24, 2.45) is 5.73 Å².